The molecule has 2 aromatic rings. The summed E-state index contributed by atoms with van der Waals surface area (Å²) >= 11 is 0. The molecule has 0 aromatic heterocycles. The summed E-state index contributed by atoms with van der Waals surface area (Å²) in [6, 6.07) is 17.6. The third kappa shape index (κ3) is 3.27. The Kier molecular flexibility index (Phi) is 4.26. The molecule has 0 radical (unpaired) electrons. The summed E-state index contributed by atoms with van der Waals surface area (Å²) in [6.07, 6.45) is 3.52. The lowest BCUT2D eigenvalue weighted by atomic mass is 10.0. The summed E-state index contributed by atoms with van der Waals surface area (Å²) < 4.78 is 0. The number of nitrogens with two attached hydrogens (primary N) is 1. The van der Waals surface area contributed by atoms with Crippen LogP contribution in [0.2, 0.25) is 0 Å². The second-order valence-electron chi connectivity index (χ2n) is 6.00. The predicted octanol–water partition coefficient (Wildman–Crippen LogP) is 3.70. The highest BCUT2D eigenvalue weighted by atomic mass is 15.1. The third-order valence-corrected chi connectivity index (χ3v) is 4.36. The highest BCUT2D eigenvalue weighted by Crippen LogP contribution is 2.30. The van der Waals surface area contributed by atoms with Gasteiger partial charge in [0, 0.05) is 24.8 Å². The van der Waals surface area contributed by atoms with Gasteiger partial charge in [-0.3, -0.25) is 0 Å². The summed E-state index contributed by atoms with van der Waals surface area (Å²) in [5.41, 5.74) is 11.5. The Labute approximate surface area is 127 Å². The molecule has 3 rings (SSSR count). The summed E-state index contributed by atoms with van der Waals surface area (Å²) in [4.78, 5) is 2.52. The topological polar surface area (TPSA) is 29.3 Å². The quantitative estimate of drug-likeness (QED) is 0.905. The molecule has 0 saturated carbocycles. The first-order valence-electron chi connectivity index (χ1n) is 7.91. The number of benzene rings is 2. The second kappa shape index (κ2) is 6.31. The predicted molar refractivity (Wildman–Crippen MR) is 89.7 cm³/mol. The van der Waals surface area contributed by atoms with Gasteiger partial charge in [-0.15, -0.1) is 0 Å². The van der Waals surface area contributed by atoms with Gasteiger partial charge in [0.25, 0.3) is 0 Å². The molecule has 2 aromatic carbocycles. The van der Waals surface area contributed by atoms with Crippen molar-refractivity contribution in [1.82, 2.24) is 0 Å². The van der Waals surface area contributed by atoms with Crippen LogP contribution in [-0.4, -0.2) is 13.1 Å². The minimum Gasteiger partial charge on any atom is -0.371 e. The fourth-order valence-corrected chi connectivity index (χ4v) is 3.12. The lowest BCUT2D eigenvalue weighted by Gasteiger charge is -2.20. The van der Waals surface area contributed by atoms with Crippen molar-refractivity contribution in [2.75, 3.05) is 18.0 Å². The molecule has 0 amide bonds. The summed E-state index contributed by atoms with van der Waals surface area (Å²) in [6.45, 7) is 4.33. The van der Waals surface area contributed by atoms with Crippen LogP contribution >= 0.6 is 0 Å². The van der Waals surface area contributed by atoms with E-state index in [0.717, 1.165) is 25.9 Å². The first-order chi connectivity index (χ1) is 10.2. The standard InChI is InChI=1S/C19H24N2/c1-15(20)17-9-10-19-18(14-17)11-13-21(19)12-5-8-16-6-3-2-4-7-16/h2-4,6-7,9-10,14-15H,5,8,11-13,20H2,1H3. The maximum Gasteiger partial charge on any atom is 0.0399 e. The van der Waals surface area contributed by atoms with Gasteiger partial charge in [-0.1, -0.05) is 42.5 Å². The van der Waals surface area contributed by atoms with E-state index in [2.05, 4.69) is 53.4 Å². The van der Waals surface area contributed by atoms with Gasteiger partial charge in [0.15, 0.2) is 0 Å². The first kappa shape index (κ1) is 14.2. The Balaban J connectivity index is 1.60. The highest BCUT2D eigenvalue weighted by molar-refractivity contribution is 5.59. The van der Waals surface area contributed by atoms with Crippen LogP contribution in [0.1, 0.15) is 36.1 Å². The molecular weight excluding hydrogens is 256 g/mol. The number of aryl methyl sites for hydroxylation is 1. The van der Waals surface area contributed by atoms with Gasteiger partial charge in [-0.25, -0.2) is 0 Å². The molecule has 2 nitrogen and oxygen atoms in total. The number of nitrogens with zero attached hydrogens (tertiary/aromatic N) is 1. The zero-order chi connectivity index (χ0) is 14.7. The molecular formula is C19H24N2. The Morgan fingerprint density at radius 3 is 2.71 bits per heavy atom. The number of anilines is 1. The van der Waals surface area contributed by atoms with Gasteiger partial charge < -0.3 is 10.6 Å². The number of hydrogen-bond acceptors (Lipinski definition) is 2. The van der Waals surface area contributed by atoms with Crippen LogP contribution in [0.4, 0.5) is 5.69 Å². The van der Waals surface area contributed by atoms with Crippen molar-refractivity contribution in [3.63, 3.8) is 0 Å². The molecule has 0 saturated heterocycles. The maximum atomic E-state index is 5.97. The van der Waals surface area contributed by atoms with Crippen LogP contribution < -0.4 is 10.6 Å². The van der Waals surface area contributed by atoms with Crippen molar-refractivity contribution in [2.24, 2.45) is 5.73 Å². The van der Waals surface area contributed by atoms with E-state index in [4.69, 9.17) is 5.73 Å². The molecule has 1 aliphatic rings. The smallest absolute Gasteiger partial charge is 0.0399 e. The van der Waals surface area contributed by atoms with E-state index >= 15 is 0 Å². The van der Waals surface area contributed by atoms with E-state index in [9.17, 15) is 0 Å². The Bertz CT molecular complexity index is 590. The van der Waals surface area contributed by atoms with Gasteiger partial charge in [-0.05, 0) is 48.9 Å². The van der Waals surface area contributed by atoms with Crippen molar-refractivity contribution >= 4 is 5.69 Å². The van der Waals surface area contributed by atoms with Crippen molar-refractivity contribution in [3.8, 4) is 0 Å². The fraction of sp³-hybridized carbons (Fsp3) is 0.368. The number of fused-ring (bicyclic) bond motifs is 1. The molecule has 21 heavy (non-hydrogen) atoms. The summed E-state index contributed by atoms with van der Waals surface area (Å²) in [5.74, 6) is 0. The highest BCUT2D eigenvalue weighted by Gasteiger charge is 2.19. The van der Waals surface area contributed by atoms with Crippen molar-refractivity contribution in [1.29, 1.82) is 0 Å². The molecule has 1 atom stereocenters. The van der Waals surface area contributed by atoms with E-state index in [-0.39, 0.29) is 6.04 Å². The van der Waals surface area contributed by atoms with Crippen LogP contribution in [0.25, 0.3) is 0 Å². The van der Waals surface area contributed by atoms with Gasteiger partial charge in [-0.2, -0.15) is 0 Å². The zero-order valence-electron chi connectivity index (χ0n) is 12.8. The van der Waals surface area contributed by atoms with E-state index < -0.39 is 0 Å². The Hall–Kier alpha value is -1.80. The molecule has 0 bridgehead atoms. The van der Waals surface area contributed by atoms with E-state index in [1.807, 2.05) is 6.92 Å². The normalized spacial score (nSPS) is 15.0. The van der Waals surface area contributed by atoms with Crippen LogP contribution in [0.15, 0.2) is 48.5 Å². The minimum absolute atomic E-state index is 0.127. The lowest BCUT2D eigenvalue weighted by molar-refractivity contribution is 0.751. The molecule has 2 N–H and O–H groups in total. The first-order valence-corrected chi connectivity index (χ1v) is 7.91. The summed E-state index contributed by atoms with van der Waals surface area (Å²) in [5, 5.41) is 0. The fourth-order valence-electron chi connectivity index (χ4n) is 3.12. The lowest BCUT2D eigenvalue weighted by Crippen LogP contribution is -2.22. The molecule has 0 aliphatic carbocycles. The Morgan fingerprint density at radius 1 is 1.14 bits per heavy atom. The largest absolute Gasteiger partial charge is 0.371 e. The molecule has 2 heteroatoms. The molecule has 0 fully saturated rings. The summed E-state index contributed by atoms with van der Waals surface area (Å²) in [7, 11) is 0. The molecule has 1 heterocycles. The minimum atomic E-state index is 0.127. The van der Waals surface area contributed by atoms with E-state index in [1.165, 1.54) is 28.8 Å². The molecule has 0 spiro atoms. The van der Waals surface area contributed by atoms with Crippen molar-refractivity contribution in [2.45, 2.75) is 32.2 Å². The van der Waals surface area contributed by atoms with Gasteiger partial charge in [0.1, 0.15) is 0 Å². The van der Waals surface area contributed by atoms with Crippen LogP contribution in [0, 0.1) is 0 Å². The number of rotatable bonds is 5. The van der Waals surface area contributed by atoms with Crippen molar-refractivity contribution in [3.05, 3.63) is 65.2 Å². The molecule has 110 valence electrons. The Morgan fingerprint density at radius 2 is 1.95 bits per heavy atom. The van der Waals surface area contributed by atoms with Gasteiger partial charge >= 0.3 is 0 Å². The monoisotopic (exact) mass is 280 g/mol. The second-order valence-corrected chi connectivity index (χ2v) is 6.00. The van der Waals surface area contributed by atoms with Crippen LogP contribution in [0.5, 0.6) is 0 Å². The number of hydrogen-bond donors (Lipinski definition) is 1. The van der Waals surface area contributed by atoms with E-state index in [1.54, 1.807) is 0 Å². The van der Waals surface area contributed by atoms with Crippen LogP contribution in [-0.2, 0) is 12.8 Å². The van der Waals surface area contributed by atoms with Gasteiger partial charge in [0.05, 0.1) is 0 Å². The van der Waals surface area contributed by atoms with E-state index in [0.29, 0.717) is 0 Å². The SMILES string of the molecule is CC(N)c1ccc2c(c1)CCN2CCCc1ccccc1. The van der Waals surface area contributed by atoms with Crippen LogP contribution in [0.3, 0.4) is 0 Å². The molecule has 1 unspecified atom stereocenters. The average Bonchev–Trinajstić information content (AvgIpc) is 2.91. The average molecular weight is 280 g/mol. The van der Waals surface area contributed by atoms with Crippen molar-refractivity contribution < 1.29 is 0 Å². The maximum absolute atomic E-state index is 5.97. The third-order valence-electron chi connectivity index (χ3n) is 4.36. The van der Waals surface area contributed by atoms with Gasteiger partial charge in [0.2, 0.25) is 0 Å². The zero-order valence-corrected chi connectivity index (χ0v) is 12.8. The molecule has 1 aliphatic heterocycles.